The summed E-state index contributed by atoms with van der Waals surface area (Å²) in [5, 5.41) is 11.3. The van der Waals surface area contributed by atoms with Crippen LogP contribution >= 0.6 is 0 Å². The minimum atomic E-state index is -4.70. The van der Waals surface area contributed by atoms with Crippen LogP contribution in [0.3, 0.4) is 0 Å². The molecule has 0 radical (unpaired) electrons. The molecule has 0 unspecified atom stereocenters. The Morgan fingerprint density at radius 1 is 1.05 bits per heavy atom. The molecule has 3 amide bonds. The molecule has 40 heavy (non-hydrogen) atoms. The van der Waals surface area contributed by atoms with E-state index in [1.807, 2.05) is 0 Å². The number of hydrogen-bond donors (Lipinski definition) is 3. The van der Waals surface area contributed by atoms with E-state index in [0.29, 0.717) is 11.6 Å². The number of rotatable bonds is 9. The van der Waals surface area contributed by atoms with E-state index < -0.39 is 23.7 Å². The first-order valence-corrected chi connectivity index (χ1v) is 12.9. The van der Waals surface area contributed by atoms with Crippen LogP contribution in [-0.4, -0.2) is 52.7 Å². The molecule has 1 aromatic carbocycles. The molecule has 1 aliphatic carbocycles. The molecule has 3 aromatic rings. The number of alkyl halides is 3. The molecule has 1 fully saturated rings. The topological polar surface area (TPSA) is 129 Å². The highest BCUT2D eigenvalue weighted by Gasteiger charge is 2.32. The molecule has 11 nitrogen and oxygen atoms in total. The average molecular weight is 562 g/mol. The average Bonchev–Trinajstić information content (AvgIpc) is 3.35. The fraction of sp³-hybridized carbons (Fsp3) is 0.462. The van der Waals surface area contributed by atoms with Gasteiger partial charge in [-0.05, 0) is 62.2 Å². The molecule has 0 bridgehead atoms. The van der Waals surface area contributed by atoms with E-state index in [4.69, 9.17) is 4.52 Å². The second kappa shape index (κ2) is 12.9. The van der Waals surface area contributed by atoms with Gasteiger partial charge in [-0.25, -0.2) is 4.79 Å². The van der Waals surface area contributed by atoms with Gasteiger partial charge in [0.15, 0.2) is 6.04 Å². The van der Waals surface area contributed by atoms with Gasteiger partial charge in [0, 0.05) is 55.8 Å². The quantitative estimate of drug-likeness (QED) is 0.333. The number of carbonyl (C=O) groups excluding carboxylic acids is 2. The predicted molar refractivity (Wildman–Crippen MR) is 139 cm³/mol. The second-order valence-electron chi connectivity index (χ2n) is 10.1. The third-order valence-electron chi connectivity index (χ3n) is 6.56. The molecule has 2 heterocycles. The lowest BCUT2D eigenvalue weighted by atomic mass is 9.86. The van der Waals surface area contributed by atoms with Gasteiger partial charge in [0.1, 0.15) is 0 Å². The van der Waals surface area contributed by atoms with Crippen molar-refractivity contribution in [3.05, 3.63) is 54.2 Å². The molecule has 4 rings (SSSR count). The van der Waals surface area contributed by atoms with E-state index >= 15 is 0 Å². The maximum Gasteiger partial charge on any atom is 0.416 e. The number of amides is 3. The van der Waals surface area contributed by atoms with Crippen molar-refractivity contribution in [3.63, 3.8) is 0 Å². The summed E-state index contributed by atoms with van der Waals surface area (Å²) in [6.45, 7) is 1.03. The van der Waals surface area contributed by atoms with Crippen LogP contribution in [0.2, 0.25) is 0 Å². The summed E-state index contributed by atoms with van der Waals surface area (Å²) in [4.78, 5) is 35.1. The lowest BCUT2D eigenvalue weighted by Crippen LogP contribution is -2.43. The zero-order chi connectivity index (χ0) is 28.7. The Morgan fingerprint density at radius 2 is 1.77 bits per heavy atom. The Hall–Kier alpha value is -4.07. The van der Waals surface area contributed by atoms with Gasteiger partial charge in [0.25, 0.3) is 6.20 Å². The van der Waals surface area contributed by atoms with Crippen molar-refractivity contribution in [3.8, 4) is 0 Å². The van der Waals surface area contributed by atoms with Gasteiger partial charge in [-0.3, -0.25) is 24.6 Å². The van der Waals surface area contributed by atoms with Crippen LogP contribution in [0.25, 0.3) is 0 Å². The fourth-order valence-electron chi connectivity index (χ4n) is 4.73. The Labute approximate surface area is 229 Å². The summed E-state index contributed by atoms with van der Waals surface area (Å²) >= 11 is 0. The van der Waals surface area contributed by atoms with Crippen LogP contribution in [0, 0.1) is 5.92 Å². The molecule has 214 valence electrons. The van der Waals surface area contributed by atoms with Gasteiger partial charge in [-0.1, -0.05) is 0 Å². The number of benzene rings is 1. The van der Waals surface area contributed by atoms with Gasteiger partial charge in [0.05, 0.1) is 11.3 Å². The van der Waals surface area contributed by atoms with Gasteiger partial charge >= 0.3 is 18.1 Å². The summed E-state index contributed by atoms with van der Waals surface area (Å²) in [5.74, 6) is 0.169. The molecule has 14 heteroatoms. The highest BCUT2D eigenvalue weighted by atomic mass is 19.4. The van der Waals surface area contributed by atoms with Crippen LogP contribution in [0.1, 0.15) is 49.4 Å². The first kappa shape index (κ1) is 28.9. The summed E-state index contributed by atoms with van der Waals surface area (Å²) < 4.78 is 47.4. The Morgan fingerprint density at radius 3 is 2.42 bits per heavy atom. The monoisotopic (exact) mass is 561 g/mol. The van der Waals surface area contributed by atoms with Gasteiger partial charge in [0.2, 0.25) is 11.2 Å². The van der Waals surface area contributed by atoms with Crippen molar-refractivity contribution in [1.29, 1.82) is 0 Å². The molecule has 0 saturated heterocycles. The highest BCUT2D eigenvalue weighted by molar-refractivity contribution is 5.99. The lowest BCUT2D eigenvalue weighted by molar-refractivity contribution is -0.787. The Balaban J connectivity index is 1.35. The summed E-state index contributed by atoms with van der Waals surface area (Å²) in [5.41, 5.74) is -0.733. The number of anilines is 3. The normalized spacial score (nSPS) is 17.4. The van der Waals surface area contributed by atoms with Crippen LogP contribution in [0.5, 0.6) is 0 Å². The van der Waals surface area contributed by atoms with E-state index in [1.54, 1.807) is 10.9 Å². The lowest BCUT2D eigenvalue weighted by Gasteiger charge is -2.26. The molecule has 0 atom stereocenters. The number of nitrogens with one attached hydrogen (secondary N) is 3. The third kappa shape index (κ3) is 8.46. The van der Waals surface area contributed by atoms with Crippen molar-refractivity contribution >= 4 is 29.2 Å². The van der Waals surface area contributed by atoms with Gasteiger partial charge in [-0.15, -0.1) is 0 Å². The number of aryl methyl sites for hydroxylation is 1. The fourth-order valence-corrected chi connectivity index (χ4v) is 4.73. The van der Waals surface area contributed by atoms with E-state index in [-0.39, 0.29) is 36.1 Å². The van der Waals surface area contributed by atoms with E-state index in [2.05, 4.69) is 50.2 Å². The van der Waals surface area contributed by atoms with Crippen molar-refractivity contribution in [1.82, 2.24) is 20.1 Å². The molecule has 1 saturated carbocycles. The first-order chi connectivity index (χ1) is 19.0. The van der Waals surface area contributed by atoms with E-state index in [0.717, 1.165) is 44.4 Å². The maximum atomic E-state index is 13.5. The van der Waals surface area contributed by atoms with Crippen LogP contribution in [0.15, 0.2) is 47.5 Å². The molecule has 0 spiro atoms. The smallest absolute Gasteiger partial charge is 0.326 e. The number of nitrogens with zero attached hydrogens (tertiary/aromatic N) is 5. The second-order valence-corrected chi connectivity index (χ2v) is 10.1. The van der Waals surface area contributed by atoms with Crippen molar-refractivity contribution in [2.45, 2.75) is 50.7 Å². The van der Waals surface area contributed by atoms with Gasteiger partial charge in [-0.2, -0.15) is 13.2 Å². The zero-order valence-corrected chi connectivity index (χ0v) is 22.2. The van der Waals surface area contributed by atoms with E-state index in [9.17, 15) is 22.8 Å². The predicted octanol–water partition coefficient (Wildman–Crippen LogP) is 4.28. The molecule has 3 N–H and O–H groups in total. The number of urea groups is 1. The summed E-state index contributed by atoms with van der Waals surface area (Å²) in [6.07, 6.45) is 5.57. The van der Waals surface area contributed by atoms with E-state index in [1.165, 1.54) is 24.7 Å². The van der Waals surface area contributed by atoms with Crippen LogP contribution in [-0.2, 0) is 17.4 Å². The number of hydrogen-bond acceptors (Lipinski definition) is 7. The number of halogens is 3. The van der Waals surface area contributed by atoms with Gasteiger partial charge < -0.3 is 15.5 Å². The first-order valence-electron chi connectivity index (χ1n) is 12.9. The molecule has 1 aliphatic rings. The standard InChI is InChI=1S/C26H31F3N8O3/c1-36(2)15-17-3-6-22(7-4-17)37-16-24(40-35-37)34-25(39)33-21-12-18(26(27,28)29)11-20(13-21)32-23(38)8-5-19-14-30-9-10-31-19/h9-14,16-17,22H,3-8,15H2,1-2H3,(H2-,32,33,34,35,38,39)/p+1. The SMILES string of the molecule is CN(C)CC1CCC([n+]2cc(NC(=O)Nc3cc(NC(=O)CCc4cnccn4)cc(C(F)(F)F)c3)on2)CC1. The molecule has 2 aromatic heterocycles. The summed E-state index contributed by atoms with van der Waals surface area (Å²) in [6, 6.07) is 2.14. The van der Waals surface area contributed by atoms with Crippen LogP contribution in [0.4, 0.5) is 35.2 Å². The third-order valence-corrected chi connectivity index (χ3v) is 6.56. The number of aromatic nitrogens is 4. The molecule has 0 aliphatic heterocycles. The molecular formula is C26H32F3N8O3+. The Bertz CT molecular complexity index is 1290. The molecular weight excluding hydrogens is 529 g/mol. The van der Waals surface area contributed by atoms with Crippen molar-refractivity contribution in [2.24, 2.45) is 5.92 Å². The minimum Gasteiger partial charge on any atom is -0.326 e. The minimum absolute atomic E-state index is 0.0129. The van der Waals surface area contributed by atoms with Crippen molar-refractivity contribution < 1.29 is 32.0 Å². The maximum absolute atomic E-state index is 13.5. The van der Waals surface area contributed by atoms with Crippen LogP contribution < -0.4 is 20.6 Å². The number of carbonyl (C=O) groups is 2. The highest BCUT2D eigenvalue weighted by Crippen LogP contribution is 2.34. The van der Waals surface area contributed by atoms with Crippen molar-refractivity contribution in [2.75, 3.05) is 36.6 Å². The summed E-state index contributed by atoms with van der Waals surface area (Å²) in [7, 11) is 4.11. The zero-order valence-electron chi connectivity index (χ0n) is 22.2. The Kier molecular flexibility index (Phi) is 9.30. The largest absolute Gasteiger partial charge is 0.416 e.